The molecule has 152 valence electrons. The van der Waals surface area contributed by atoms with Crippen LogP contribution >= 0.6 is 0 Å². The molecule has 3 rings (SSSR count). The second-order valence-electron chi connectivity index (χ2n) is 7.39. The molecule has 1 aromatic rings. The SMILES string of the molecule is C[C@@H]1OC(=O)[C@@H]([NH3+])CCC[C@H](Oc2ccc(F)cc2)[C@H]1OC1CCCC1.[Cl-]. The van der Waals surface area contributed by atoms with Crippen LogP contribution in [-0.2, 0) is 14.3 Å². The predicted molar refractivity (Wildman–Crippen MR) is 94.0 cm³/mol. The number of ether oxygens (including phenoxy) is 3. The second kappa shape index (κ2) is 10.2. The van der Waals surface area contributed by atoms with Gasteiger partial charge in [-0.25, -0.2) is 9.18 Å². The van der Waals surface area contributed by atoms with E-state index in [0.29, 0.717) is 12.2 Å². The van der Waals surface area contributed by atoms with E-state index < -0.39 is 6.10 Å². The van der Waals surface area contributed by atoms with E-state index in [4.69, 9.17) is 14.2 Å². The van der Waals surface area contributed by atoms with Gasteiger partial charge in [-0.3, -0.25) is 0 Å². The van der Waals surface area contributed by atoms with E-state index in [9.17, 15) is 9.18 Å². The lowest BCUT2D eigenvalue weighted by atomic mass is 10.0. The van der Waals surface area contributed by atoms with Crippen LogP contribution in [0, 0.1) is 5.82 Å². The van der Waals surface area contributed by atoms with Crippen LogP contribution in [0.1, 0.15) is 51.9 Å². The summed E-state index contributed by atoms with van der Waals surface area (Å²) in [5, 5.41) is 0. The molecule has 27 heavy (non-hydrogen) atoms. The Morgan fingerprint density at radius 2 is 1.74 bits per heavy atom. The van der Waals surface area contributed by atoms with Crippen molar-refractivity contribution >= 4 is 5.97 Å². The minimum absolute atomic E-state index is 0. The third kappa shape index (κ3) is 6.06. The maximum absolute atomic E-state index is 13.2. The minimum Gasteiger partial charge on any atom is -1.00 e. The lowest BCUT2D eigenvalue weighted by Gasteiger charge is -2.33. The number of cyclic esters (lactones) is 1. The fourth-order valence-electron chi connectivity index (χ4n) is 3.76. The van der Waals surface area contributed by atoms with E-state index in [0.717, 1.165) is 38.5 Å². The molecular formula is C20H29ClFNO4. The number of quaternary nitrogens is 1. The highest BCUT2D eigenvalue weighted by Crippen LogP contribution is 2.29. The third-order valence-electron chi connectivity index (χ3n) is 5.26. The van der Waals surface area contributed by atoms with E-state index in [2.05, 4.69) is 5.73 Å². The molecule has 2 fully saturated rings. The highest BCUT2D eigenvalue weighted by molar-refractivity contribution is 5.74. The van der Waals surface area contributed by atoms with E-state index in [1.165, 1.54) is 12.1 Å². The molecule has 0 spiro atoms. The van der Waals surface area contributed by atoms with E-state index in [1.807, 2.05) is 6.92 Å². The van der Waals surface area contributed by atoms with Gasteiger partial charge in [0.05, 0.1) is 6.10 Å². The predicted octanol–water partition coefficient (Wildman–Crippen LogP) is -0.369. The first kappa shape index (κ1) is 21.9. The highest BCUT2D eigenvalue weighted by Gasteiger charge is 2.37. The van der Waals surface area contributed by atoms with Gasteiger partial charge < -0.3 is 32.4 Å². The average Bonchev–Trinajstić information content (AvgIpc) is 3.13. The van der Waals surface area contributed by atoms with Crippen LogP contribution in [-0.4, -0.2) is 36.4 Å². The molecule has 1 aliphatic carbocycles. The van der Waals surface area contributed by atoms with Crippen molar-refractivity contribution < 1.29 is 41.5 Å². The van der Waals surface area contributed by atoms with Crippen molar-refractivity contribution in [2.24, 2.45) is 0 Å². The Kier molecular flexibility index (Phi) is 8.32. The topological polar surface area (TPSA) is 72.4 Å². The molecule has 1 aliphatic heterocycles. The number of hydrogen-bond donors (Lipinski definition) is 1. The van der Waals surface area contributed by atoms with Gasteiger partial charge in [0.15, 0.2) is 6.04 Å². The van der Waals surface area contributed by atoms with Crippen LogP contribution < -0.4 is 22.9 Å². The zero-order chi connectivity index (χ0) is 18.5. The van der Waals surface area contributed by atoms with Crippen molar-refractivity contribution in [1.29, 1.82) is 0 Å². The Morgan fingerprint density at radius 1 is 1.07 bits per heavy atom. The van der Waals surface area contributed by atoms with Gasteiger partial charge in [-0.2, -0.15) is 0 Å². The van der Waals surface area contributed by atoms with E-state index in [-0.39, 0.29) is 48.5 Å². The first-order valence-electron chi connectivity index (χ1n) is 9.64. The summed E-state index contributed by atoms with van der Waals surface area (Å²) in [7, 11) is 0. The van der Waals surface area contributed by atoms with Gasteiger partial charge in [0.1, 0.15) is 29.9 Å². The van der Waals surface area contributed by atoms with Gasteiger partial charge >= 0.3 is 5.97 Å². The van der Waals surface area contributed by atoms with Crippen molar-refractivity contribution in [3.8, 4) is 5.75 Å². The number of carbonyl (C=O) groups excluding carboxylic acids is 1. The zero-order valence-electron chi connectivity index (χ0n) is 15.7. The number of hydrogen-bond acceptors (Lipinski definition) is 4. The molecule has 0 radical (unpaired) electrons. The van der Waals surface area contributed by atoms with Crippen molar-refractivity contribution in [1.82, 2.24) is 0 Å². The van der Waals surface area contributed by atoms with Gasteiger partial charge in [-0.05, 0) is 56.9 Å². The Labute approximate surface area is 166 Å². The largest absolute Gasteiger partial charge is 1.00 e. The van der Waals surface area contributed by atoms with Gasteiger partial charge in [0, 0.05) is 6.42 Å². The zero-order valence-corrected chi connectivity index (χ0v) is 16.5. The summed E-state index contributed by atoms with van der Waals surface area (Å²) >= 11 is 0. The monoisotopic (exact) mass is 401 g/mol. The summed E-state index contributed by atoms with van der Waals surface area (Å²) < 4.78 is 31.3. The summed E-state index contributed by atoms with van der Waals surface area (Å²) in [6.45, 7) is 1.86. The summed E-state index contributed by atoms with van der Waals surface area (Å²) in [6.07, 6.45) is 5.72. The van der Waals surface area contributed by atoms with Crippen LogP contribution in [0.2, 0.25) is 0 Å². The van der Waals surface area contributed by atoms with Gasteiger partial charge in [-0.1, -0.05) is 12.8 Å². The lowest BCUT2D eigenvalue weighted by Crippen LogP contribution is -3.00. The molecule has 5 nitrogen and oxygen atoms in total. The Bertz CT molecular complexity index is 594. The average molecular weight is 402 g/mol. The Balaban J connectivity index is 0.00000261. The summed E-state index contributed by atoms with van der Waals surface area (Å²) in [6, 6.07) is 5.64. The fraction of sp³-hybridized carbons (Fsp3) is 0.650. The molecule has 0 unspecified atom stereocenters. The molecule has 7 heteroatoms. The first-order valence-corrected chi connectivity index (χ1v) is 9.64. The molecule has 3 N–H and O–H groups in total. The van der Waals surface area contributed by atoms with Crippen LogP contribution in [0.15, 0.2) is 24.3 Å². The summed E-state index contributed by atoms with van der Waals surface area (Å²) in [4.78, 5) is 12.2. The molecule has 1 saturated carbocycles. The lowest BCUT2D eigenvalue weighted by molar-refractivity contribution is -0.410. The number of rotatable bonds is 4. The minimum atomic E-state index is -0.420. The number of carbonyl (C=O) groups is 1. The molecule has 0 aromatic heterocycles. The molecule has 4 atom stereocenters. The van der Waals surface area contributed by atoms with Crippen LogP contribution in [0.25, 0.3) is 0 Å². The maximum atomic E-state index is 13.2. The van der Waals surface area contributed by atoms with E-state index in [1.54, 1.807) is 12.1 Å². The molecular weight excluding hydrogens is 373 g/mol. The van der Waals surface area contributed by atoms with Crippen LogP contribution in [0.3, 0.4) is 0 Å². The van der Waals surface area contributed by atoms with Crippen molar-refractivity contribution in [3.05, 3.63) is 30.1 Å². The Morgan fingerprint density at radius 3 is 2.41 bits per heavy atom. The number of esters is 1. The van der Waals surface area contributed by atoms with Crippen molar-refractivity contribution in [3.63, 3.8) is 0 Å². The van der Waals surface area contributed by atoms with Gasteiger partial charge in [0.25, 0.3) is 0 Å². The number of benzene rings is 1. The summed E-state index contributed by atoms with van der Waals surface area (Å²) in [5.41, 5.74) is 3.91. The molecule has 0 bridgehead atoms. The third-order valence-corrected chi connectivity index (χ3v) is 5.26. The van der Waals surface area contributed by atoms with E-state index >= 15 is 0 Å². The summed E-state index contributed by atoms with van der Waals surface area (Å²) in [5.74, 6) is 0.0214. The van der Waals surface area contributed by atoms with Crippen LogP contribution in [0.4, 0.5) is 4.39 Å². The molecule has 1 saturated heterocycles. The molecule has 1 aromatic carbocycles. The first-order chi connectivity index (χ1) is 12.5. The second-order valence-corrected chi connectivity index (χ2v) is 7.39. The molecule has 2 aliphatic rings. The maximum Gasteiger partial charge on any atom is 0.365 e. The Hall–Kier alpha value is -1.37. The normalized spacial score (nSPS) is 29.8. The highest BCUT2D eigenvalue weighted by atomic mass is 35.5. The number of halogens is 2. The standard InChI is InChI=1S/C20H28FNO4.ClH/c1-13-19(26-15-5-2-3-6-15)18(8-4-7-17(22)20(23)24-13)25-16-11-9-14(21)10-12-16;/h9-13,15,17-19H,2-8,22H2,1H3;1H/t13-,17-,18-,19-;/m0./s1. The molecule has 0 amide bonds. The van der Waals surface area contributed by atoms with Gasteiger partial charge in [0.2, 0.25) is 0 Å². The smallest absolute Gasteiger partial charge is 0.365 e. The van der Waals surface area contributed by atoms with Crippen LogP contribution in [0.5, 0.6) is 5.75 Å². The quantitative estimate of drug-likeness (QED) is 0.699. The van der Waals surface area contributed by atoms with Crippen molar-refractivity contribution in [2.45, 2.75) is 82.3 Å². The molecule has 1 heterocycles. The fourth-order valence-corrected chi connectivity index (χ4v) is 3.76. The van der Waals surface area contributed by atoms with Gasteiger partial charge in [-0.15, -0.1) is 0 Å². The van der Waals surface area contributed by atoms with Crippen molar-refractivity contribution in [2.75, 3.05) is 0 Å².